The van der Waals surface area contributed by atoms with E-state index < -0.39 is 11.7 Å². The minimum atomic E-state index is -0.451. The van der Waals surface area contributed by atoms with Gasteiger partial charge < -0.3 is 20.5 Å². The van der Waals surface area contributed by atoms with Crippen molar-refractivity contribution >= 4 is 17.4 Å². The Morgan fingerprint density at radius 3 is 2.83 bits per heavy atom. The first-order chi connectivity index (χ1) is 10.8. The largest absolute Gasteiger partial charge is 0.444 e. The first-order valence-electron chi connectivity index (χ1n) is 8.20. The molecule has 0 saturated heterocycles. The van der Waals surface area contributed by atoms with Gasteiger partial charge >= 0.3 is 6.09 Å². The van der Waals surface area contributed by atoms with Crippen LogP contribution in [0.2, 0.25) is 0 Å². The van der Waals surface area contributed by atoms with E-state index in [1.807, 2.05) is 37.6 Å². The molecule has 5 nitrogen and oxygen atoms in total. The van der Waals surface area contributed by atoms with Gasteiger partial charge in [0.05, 0.1) is 6.10 Å². The van der Waals surface area contributed by atoms with Crippen LogP contribution in [0.3, 0.4) is 0 Å². The zero-order valence-electron chi connectivity index (χ0n) is 14.0. The van der Waals surface area contributed by atoms with Crippen molar-refractivity contribution in [1.82, 2.24) is 10.6 Å². The maximum atomic E-state index is 11.8. The summed E-state index contributed by atoms with van der Waals surface area (Å²) in [6.45, 7) is 6.20. The van der Waals surface area contributed by atoms with Crippen LogP contribution in [0.25, 0.3) is 0 Å². The van der Waals surface area contributed by atoms with Crippen molar-refractivity contribution in [3.63, 3.8) is 0 Å². The number of aliphatic hydroxyl groups is 1. The van der Waals surface area contributed by atoms with Gasteiger partial charge in [0.15, 0.2) is 0 Å². The van der Waals surface area contributed by atoms with Gasteiger partial charge in [-0.05, 0) is 67.8 Å². The van der Waals surface area contributed by atoms with Crippen molar-refractivity contribution in [2.24, 2.45) is 5.41 Å². The van der Waals surface area contributed by atoms with Gasteiger partial charge in [-0.15, -0.1) is 0 Å². The molecule has 0 radical (unpaired) electrons. The highest BCUT2D eigenvalue weighted by Crippen LogP contribution is 2.60. The molecule has 1 spiro atoms. The summed E-state index contributed by atoms with van der Waals surface area (Å²) >= 11 is 1.60. The third kappa shape index (κ3) is 4.05. The van der Waals surface area contributed by atoms with Crippen molar-refractivity contribution in [3.8, 4) is 0 Å². The van der Waals surface area contributed by atoms with E-state index in [0.717, 1.165) is 24.8 Å². The second kappa shape index (κ2) is 6.07. The summed E-state index contributed by atoms with van der Waals surface area (Å²) in [5.41, 5.74) is 0.794. The Bertz CT molecular complexity index is 547. The van der Waals surface area contributed by atoms with Crippen molar-refractivity contribution in [2.75, 3.05) is 6.54 Å². The molecule has 1 aromatic rings. The number of carbonyl (C=O) groups is 1. The van der Waals surface area contributed by atoms with Crippen LogP contribution in [0.5, 0.6) is 0 Å². The van der Waals surface area contributed by atoms with Crippen molar-refractivity contribution < 1.29 is 14.6 Å². The average molecular weight is 338 g/mol. The molecular formula is C17H26N2O3S. The Kier molecular flexibility index (Phi) is 4.42. The lowest BCUT2D eigenvalue weighted by Crippen LogP contribution is -2.47. The fourth-order valence-corrected chi connectivity index (χ4v) is 4.09. The number of hydrogen-bond donors (Lipinski definition) is 3. The summed E-state index contributed by atoms with van der Waals surface area (Å²) in [6, 6.07) is 2.65. The molecule has 6 heteroatoms. The minimum Gasteiger partial charge on any atom is -0.444 e. The second-order valence-electron chi connectivity index (χ2n) is 7.85. The predicted octanol–water partition coefficient (Wildman–Crippen LogP) is 2.82. The molecule has 1 amide bonds. The molecule has 2 unspecified atom stereocenters. The van der Waals surface area contributed by atoms with Crippen LogP contribution in [-0.2, 0) is 4.74 Å². The van der Waals surface area contributed by atoms with Gasteiger partial charge in [-0.3, -0.25) is 0 Å². The van der Waals surface area contributed by atoms with Crippen molar-refractivity contribution in [3.05, 3.63) is 22.4 Å². The Morgan fingerprint density at radius 2 is 2.22 bits per heavy atom. The SMILES string of the molecule is CC(C)(C)OC(=O)NC1CC12CC(NCC(O)c1ccsc1)C2. The summed E-state index contributed by atoms with van der Waals surface area (Å²) in [6.07, 6.45) is 2.40. The van der Waals surface area contributed by atoms with Crippen LogP contribution in [0, 0.1) is 5.41 Å². The van der Waals surface area contributed by atoms with Gasteiger partial charge in [0.2, 0.25) is 0 Å². The number of nitrogens with one attached hydrogen (secondary N) is 2. The monoisotopic (exact) mass is 338 g/mol. The molecule has 2 aliphatic carbocycles. The van der Waals surface area contributed by atoms with E-state index in [9.17, 15) is 9.90 Å². The predicted molar refractivity (Wildman–Crippen MR) is 90.5 cm³/mol. The molecule has 2 fully saturated rings. The molecule has 0 aliphatic heterocycles. The molecule has 128 valence electrons. The third-order valence-corrected chi connectivity index (χ3v) is 5.42. The lowest BCUT2D eigenvalue weighted by Gasteiger charge is -2.38. The Morgan fingerprint density at radius 1 is 1.48 bits per heavy atom. The smallest absolute Gasteiger partial charge is 0.407 e. The molecule has 2 aliphatic rings. The maximum absolute atomic E-state index is 11.8. The van der Waals surface area contributed by atoms with E-state index in [2.05, 4.69) is 10.6 Å². The van der Waals surface area contributed by atoms with Crippen molar-refractivity contribution in [1.29, 1.82) is 0 Å². The summed E-state index contributed by atoms with van der Waals surface area (Å²) < 4.78 is 5.30. The zero-order valence-corrected chi connectivity index (χ0v) is 14.8. The second-order valence-corrected chi connectivity index (χ2v) is 8.63. The Labute approximate surface area is 141 Å². The zero-order chi connectivity index (χ0) is 16.7. The van der Waals surface area contributed by atoms with Crippen molar-refractivity contribution in [2.45, 2.75) is 63.8 Å². The Hall–Kier alpha value is -1.11. The molecule has 2 atom stereocenters. The summed E-state index contributed by atoms with van der Waals surface area (Å²) in [5.74, 6) is 0. The quantitative estimate of drug-likeness (QED) is 0.772. The minimum absolute atomic E-state index is 0.247. The number of carbonyl (C=O) groups excluding carboxylic acids is 1. The lowest BCUT2D eigenvalue weighted by atomic mass is 9.76. The van der Waals surface area contributed by atoms with Crippen LogP contribution in [0.4, 0.5) is 4.79 Å². The third-order valence-electron chi connectivity index (χ3n) is 4.71. The fourth-order valence-electron chi connectivity index (χ4n) is 3.38. The number of rotatable bonds is 5. The number of hydrogen-bond acceptors (Lipinski definition) is 5. The first-order valence-corrected chi connectivity index (χ1v) is 9.15. The molecule has 1 aromatic heterocycles. The van der Waals surface area contributed by atoms with E-state index >= 15 is 0 Å². The van der Waals surface area contributed by atoms with Crippen LogP contribution < -0.4 is 10.6 Å². The van der Waals surface area contributed by atoms with Gasteiger partial charge in [0.25, 0.3) is 0 Å². The molecule has 3 rings (SSSR count). The normalized spacial score (nSPS) is 30.6. The standard InChI is InChI=1S/C17H26N2O3S/c1-16(2,3)22-15(21)19-14-8-17(14)6-12(7-17)18-9-13(20)11-4-5-23-10-11/h4-5,10,12-14,18,20H,6-9H2,1-3H3,(H,19,21). The van der Waals surface area contributed by atoms with Crippen LogP contribution in [-0.4, -0.2) is 35.4 Å². The topological polar surface area (TPSA) is 70.6 Å². The van der Waals surface area contributed by atoms with Crippen LogP contribution >= 0.6 is 11.3 Å². The Balaban J connectivity index is 1.35. The molecule has 0 bridgehead atoms. The van der Waals surface area contributed by atoms with E-state index in [0.29, 0.717) is 12.6 Å². The van der Waals surface area contributed by atoms with Gasteiger partial charge in [0.1, 0.15) is 5.60 Å². The number of amides is 1. The summed E-state index contributed by atoms with van der Waals surface area (Å²) in [4.78, 5) is 11.8. The van der Waals surface area contributed by atoms with Gasteiger partial charge in [-0.2, -0.15) is 11.3 Å². The number of thiophene rings is 1. The van der Waals surface area contributed by atoms with E-state index in [1.54, 1.807) is 11.3 Å². The summed E-state index contributed by atoms with van der Waals surface area (Å²) in [5, 5.41) is 20.4. The van der Waals surface area contributed by atoms with E-state index in [1.165, 1.54) is 0 Å². The van der Waals surface area contributed by atoms with E-state index in [4.69, 9.17) is 4.74 Å². The molecule has 3 N–H and O–H groups in total. The number of alkyl carbamates (subject to hydrolysis) is 1. The molecule has 1 heterocycles. The van der Waals surface area contributed by atoms with Gasteiger partial charge in [-0.25, -0.2) is 4.79 Å². The highest BCUT2D eigenvalue weighted by atomic mass is 32.1. The fraction of sp³-hybridized carbons (Fsp3) is 0.706. The highest BCUT2D eigenvalue weighted by Gasteiger charge is 2.62. The first kappa shape index (κ1) is 16.7. The number of aliphatic hydroxyl groups excluding tert-OH is 1. The lowest BCUT2D eigenvalue weighted by molar-refractivity contribution is 0.0500. The van der Waals surface area contributed by atoms with E-state index in [-0.39, 0.29) is 17.6 Å². The van der Waals surface area contributed by atoms with Gasteiger partial charge in [-0.1, -0.05) is 0 Å². The summed E-state index contributed by atoms with van der Waals surface area (Å²) in [7, 11) is 0. The maximum Gasteiger partial charge on any atom is 0.407 e. The van der Waals surface area contributed by atoms with Crippen LogP contribution in [0.15, 0.2) is 16.8 Å². The molecular weight excluding hydrogens is 312 g/mol. The van der Waals surface area contributed by atoms with Gasteiger partial charge in [0, 0.05) is 18.6 Å². The van der Waals surface area contributed by atoms with Crippen LogP contribution in [0.1, 0.15) is 51.7 Å². The highest BCUT2D eigenvalue weighted by molar-refractivity contribution is 7.07. The average Bonchev–Trinajstić information content (AvgIpc) is 2.85. The number of ether oxygens (including phenoxy) is 1. The molecule has 23 heavy (non-hydrogen) atoms. The molecule has 2 saturated carbocycles. The molecule has 0 aromatic carbocycles.